The van der Waals surface area contributed by atoms with Gasteiger partial charge < -0.3 is 18.3 Å². The van der Waals surface area contributed by atoms with Gasteiger partial charge in [-0.25, -0.2) is 9.59 Å². The lowest BCUT2D eigenvalue weighted by Gasteiger charge is -2.03. The van der Waals surface area contributed by atoms with E-state index in [0.29, 0.717) is 22.7 Å². The molecule has 0 N–H and O–H groups in total. The van der Waals surface area contributed by atoms with E-state index in [1.165, 1.54) is 12.1 Å². The smallest absolute Gasteiger partial charge is 0.336 e. The second-order valence-corrected chi connectivity index (χ2v) is 7.27. The van der Waals surface area contributed by atoms with E-state index < -0.39 is 0 Å². The molecule has 0 unspecified atom stereocenters. The molecule has 0 radical (unpaired) electrons. The Morgan fingerprint density at radius 3 is 1.43 bits per heavy atom. The van der Waals surface area contributed by atoms with Crippen LogP contribution in [-0.2, 0) is 0 Å². The standard InChI is InChI=1S/2C10H7BrO3/c2*1-13-9-5-8-6(4-7(9)11)2-3-10(12)14-8/h2*2-5H,1H3. The number of methoxy groups -OCH3 is 2. The summed E-state index contributed by atoms with van der Waals surface area (Å²) >= 11 is 6.70. The predicted molar refractivity (Wildman–Crippen MR) is 113 cm³/mol. The first-order valence-electron chi connectivity index (χ1n) is 7.96. The zero-order valence-electron chi connectivity index (χ0n) is 14.8. The highest BCUT2D eigenvalue weighted by Crippen LogP contribution is 2.30. The first kappa shape index (κ1) is 20.2. The summed E-state index contributed by atoms with van der Waals surface area (Å²) in [6.45, 7) is 0. The van der Waals surface area contributed by atoms with Crippen LogP contribution in [0.2, 0.25) is 0 Å². The van der Waals surface area contributed by atoms with Gasteiger partial charge in [0.1, 0.15) is 22.7 Å². The van der Waals surface area contributed by atoms with Gasteiger partial charge in [0.25, 0.3) is 0 Å². The third-order valence-corrected chi connectivity index (χ3v) is 5.03. The summed E-state index contributed by atoms with van der Waals surface area (Å²) in [7, 11) is 3.12. The van der Waals surface area contributed by atoms with Crippen LogP contribution < -0.4 is 20.7 Å². The Kier molecular flexibility index (Phi) is 6.21. The van der Waals surface area contributed by atoms with Gasteiger partial charge in [-0.15, -0.1) is 0 Å². The van der Waals surface area contributed by atoms with E-state index in [4.69, 9.17) is 18.3 Å². The maximum absolute atomic E-state index is 10.9. The molecule has 0 aliphatic carbocycles. The predicted octanol–water partition coefficient (Wildman–Crippen LogP) is 5.13. The lowest BCUT2D eigenvalue weighted by atomic mass is 10.2. The van der Waals surface area contributed by atoms with Gasteiger partial charge in [-0.3, -0.25) is 0 Å². The van der Waals surface area contributed by atoms with Gasteiger partial charge >= 0.3 is 11.3 Å². The molecule has 4 aromatic rings. The number of halogens is 2. The summed E-state index contributed by atoms with van der Waals surface area (Å²) in [5, 5.41) is 1.72. The van der Waals surface area contributed by atoms with Gasteiger partial charge in [-0.2, -0.15) is 0 Å². The Morgan fingerprint density at radius 2 is 1.07 bits per heavy atom. The summed E-state index contributed by atoms with van der Waals surface area (Å²) < 4.78 is 21.8. The number of fused-ring (bicyclic) bond motifs is 2. The largest absolute Gasteiger partial charge is 0.495 e. The molecule has 0 atom stereocenters. The first-order valence-corrected chi connectivity index (χ1v) is 9.54. The molecule has 4 rings (SSSR count). The summed E-state index contributed by atoms with van der Waals surface area (Å²) in [4.78, 5) is 21.9. The molecule has 0 spiro atoms. The molecule has 0 fully saturated rings. The van der Waals surface area contributed by atoms with Gasteiger partial charge in [-0.05, 0) is 56.1 Å². The van der Waals surface area contributed by atoms with Crippen LogP contribution in [0.5, 0.6) is 11.5 Å². The van der Waals surface area contributed by atoms with Crippen molar-refractivity contribution in [3.63, 3.8) is 0 Å². The molecule has 0 aliphatic heterocycles. The molecule has 2 aromatic heterocycles. The topological polar surface area (TPSA) is 78.9 Å². The van der Waals surface area contributed by atoms with E-state index in [0.717, 1.165) is 19.7 Å². The van der Waals surface area contributed by atoms with Crippen molar-refractivity contribution in [3.05, 3.63) is 78.3 Å². The molecule has 28 heavy (non-hydrogen) atoms. The van der Waals surface area contributed by atoms with Crippen molar-refractivity contribution in [2.45, 2.75) is 0 Å². The monoisotopic (exact) mass is 508 g/mol. The molecule has 8 heteroatoms. The van der Waals surface area contributed by atoms with Gasteiger partial charge in [-0.1, -0.05) is 0 Å². The zero-order chi connectivity index (χ0) is 20.3. The average molecular weight is 510 g/mol. The molecule has 0 saturated carbocycles. The van der Waals surface area contributed by atoms with Crippen LogP contribution in [0.1, 0.15) is 0 Å². The van der Waals surface area contributed by atoms with E-state index in [-0.39, 0.29) is 11.3 Å². The van der Waals surface area contributed by atoms with E-state index in [1.807, 2.05) is 12.1 Å². The highest BCUT2D eigenvalue weighted by atomic mass is 79.9. The Balaban J connectivity index is 0.000000161. The minimum Gasteiger partial charge on any atom is -0.495 e. The highest BCUT2D eigenvalue weighted by molar-refractivity contribution is 9.11. The Bertz CT molecular complexity index is 1160. The normalized spacial score (nSPS) is 10.4. The molecule has 0 saturated heterocycles. The van der Waals surface area contributed by atoms with Gasteiger partial charge in [0, 0.05) is 35.0 Å². The van der Waals surface area contributed by atoms with Crippen molar-refractivity contribution in [3.8, 4) is 11.5 Å². The molecule has 0 amide bonds. The number of hydrogen-bond acceptors (Lipinski definition) is 6. The summed E-state index contributed by atoms with van der Waals surface area (Å²) in [6.07, 6.45) is 0. The van der Waals surface area contributed by atoms with Crippen LogP contribution in [-0.4, -0.2) is 14.2 Å². The zero-order valence-corrected chi connectivity index (χ0v) is 18.0. The SMILES string of the molecule is COc1cc2oc(=O)ccc2cc1Br.COc1cc2oc(=O)ccc2cc1Br. The van der Waals surface area contributed by atoms with E-state index in [9.17, 15) is 9.59 Å². The van der Waals surface area contributed by atoms with E-state index >= 15 is 0 Å². The van der Waals surface area contributed by atoms with Crippen molar-refractivity contribution >= 4 is 53.8 Å². The van der Waals surface area contributed by atoms with Gasteiger partial charge in [0.15, 0.2) is 0 Å². The minimum atomic E-state index is -0.359. The molecule has 6 nitrogen and oxygen atoms in total. The lowest BCUT2D eigenvalue weighted by Crippen LogP contribution is -1.94. The van der Waals surface area contributed by atoms with Crippen LogP contribution in [0.4, 0.5) is 0 Å². The maximum Gasteiger partial charge on any atom is 0.336 e. The Labute approximate surface area is 175 Å². The quantitative estimate of drug-likeness (QED) is 0.348. The second kappa shape index (κ2) is 8.62. The summed E-state index contributed by atoms with van der Waals surface area (Å²) in [5.41, 5.74) is 0.332. The van der Waals surface area contributed by atoms with Gasteiger partial charge in [0.05, 0.1) is 23.2 Å². The van der Waals surface area contributed by atoms with Crippen molar-refractivity contribution in [2.24, 2.45) is 0 Å². The number of ether oxygens (including phenoxy) is 2. The third-order valence-electron chi connectivity index (χ3n) is 3.79. The number of hydrogen-bond donors (Lipinski definition) is 0. The summed E-state index contributed by atoms with van der Waals surface area (Å²) in [5.74, 6) is 1.29. The molecular weight excluding hydrogens is 496 g/mol. The summed E-state index contributed by atoms with van der Waals surface area (Å²) in [6, 6.07) is 13.3. The van der Waals surface area contributed by atoms with Crippen LogP contribution in [0.15, 0.2) is 75.9 Å². The fourth-order valence-corrected chi connectivity index (χ4v) is 3.50. The van der Waals surface area contributed by atoms with E-state index in [2.05, 4.69) is 31.9 Å². The Hall–Kier alpha value is -2.58. The van der Waals surface area contributed by atoms with Crippen LogP contribution in [0, 0.1) is 0 Å². The fraction of sp³-hybridized carbons (Fsp3) is 0.100. The lowest BCUT2D eigenvalue weighted by molar-refractivity contribution is 0.411. The molecule has 0 aliphatic rings. The van der Waals surface area contributed by atoms with Crippen molar-refractivity contribution in [2.75, 3.05) is 14.2 Å². The Morgan fingerprint density at radius 1 is 0.679 bits per heavy atom. The van der Waals surface area contributed by atoms with Crippen LogP contribution >= 0.6 is 31.9 Å². The molecular formula is C20H14Br2O6. The fourth-order valence-electron chi connectivity index (χ4n) is 2.45. The maximum atomic E-state index is 10.9. The third kappa shape index (κ3) is 4.45. The molecule has 2 aromatic carbocycles. The van der Waals surface area contributed by atoms with Crippen molar-refractivity contribution in [1.29, 1.82) is 0 Å². The second-order valence-electron chi connectivity index (χ2n) is 5.56. The number of rotatable bonds is 2. The molecule has 0 bridgehead atoms. The minimum absolute atomic E-state index is 0.359. The van der Waals surface area contributed by atoms with Crippen molar-refractivity contribution in [1.82, 2.24) is 0 Å². The van der Waals surface area contributed by atoms with Crippen LogP contribution in [0.25, 0.3) is 21.9 Å². The number of benzene rings is 2. The van der Waals surface area contributed by atoms with Crippen molar-refractivity contribution < 1.29 is 18.3 Å². The highest BCUT2D eigenvalue weighted by Gasteiger charge is 2.05. The van der Waals surface area contributed by atoms with Crippen LogP contribution in [0.3, 0.4) is 0 Å². The molecule has 2 heterocycles. The van der Waals surface area contributed by atoms with E-state index in [1.54, 1.807) is 38.5 Å². The van der Waals surface area contributed by atoms with Gasteiger partial charge in [0.2, 0.25) is 0 Å². The first-order chi connectivity index (χ1) is 13.4. The average Bonchev–Trinajstić information content (AvgIpc) is 2.68. The molecule has 144 valence electrons.